The predicted octanol–water partition coefficient (Wildman–Crippen LogP) is 8.97. The number of amides is 1. The number of hydrogen-bond donors (Lipinski definition) is 3. The third-order valence-corrected chi connectivity index (χ3v) is 16.3. The maximum absolute atomic E-state index is 14.5. The van der Waals surface area contributed by atoms with Crippen molar-refractivity contribution >= 4 is 17.8 Å². The van der Waals surface area contributed by atoms with Crippen molar-refractivity contribution in [2.45, 2.75) is 165 Å². The maximum Gasteiger partial charge on any atom is 0.306 e. The molecule has 3 N–H and O–H groups in total. The number of rotatable bonds is 11. The Morgan fingerprint density at radius 2 is 1.56 bits per heavy atom. The molecule has 0 saturated heterocycles. The molecule has 0 radical (unpaired) electrons. The van der Waals surface area contributed by atoms with Crippen LogP contribution in [0.3, 0.4) is 0 Å². The van der Waals surface area contributed by atoms with Crippen LogP contribution < -0.4 is 5.32 Å². The molecule has 0 aromatic carbocycles. The molecule has 5 aliphatic carbocycles. The highest BCUT2D eigenvalue weighted by molar-refractivity contribution is 5.84. The van der Waals surface area contributed by atoms with Crippen molar-refractivity contribution in [1.29, 1.82) is 0 Å². The number of nitrogens with one attached hydrogen (secondary N) is 1. The van der Waals surface area contributed by atoms with Crippen LogP contribution in [0.5, 0.6) is 0 Å². The summed E-state index contributed by atoms with van der Waals surface area (Å²) in [6.45, 7) is 27.0. The molecule has 0 spiro atoms. The Morgan fingerprint density at radius 3 is 2.16 bits per heavy atom. The predicted molar refractivity (Wildman–Crippen MR) is 198 cm³/mol. The van der Waals surface area contributed by atoms with Gasteiger partial charge in [0.1, 0.15) is 6.10 Å². The lowest BCUT2D eigenvalue weighted by molar-refractivity contribution is -0.249. The molecule has 5 rings (SSSR count). The van der Waals surface area contributed by atoms with Gasteiger partial charge in [0, 0.05) is 5.41 Å². The number of carbonyl (C=O) groups excluding carboxylic acids is 2. The number of carboxylic acid groups (broad SMARTS) is 1. The largest absolute Gasteiger partial charge is 0.481 e. The number of esters is 1. The third kappa shape index (κ3) is 6.40. The molecule has 11 atom stereocenters. The monoisotopic (exact) mass is 698 g/mol. The summed E-state index contributed by atoms with van der Waals surface area (Å²) in [6.07, 6.45) is 11.0. The molecule has 5 fully saturated rings. The molecule has 1 amide bonds. The number of allylic oxidation sites excluding steroid dienone is 1. The summed E-state index contributed by atoms with van der Waals surface area (Å²) in [5, 5.41) is 22.9. The van der Waals surface area contributed by atoms with Gasteiger partial charge in [0.05, 0.1) is 30.9 Å². The van der Waals surface area contributed by atoms with Gasteiger partial charge in [0.15, 0.2) is 0 Å². The van der Waals surface area contributed by atoms with Crippen molar-refractivity contribution in [3.63, 3.8) is 0 Å². The fraction of sp³-hybridized carbons (Fsp3) is 0.884. The smallest absolute Gasteiger partial charge is 0.306 e. The van der Waals surface area contributed by atoms with E-state index in [1.807, 2.05) is 13.8 Å². The van der Waals surface area contributed by atoms with Gasteiger partial charge in [0.2, 0.25) is 5.91 Å². The van der Waals surface area contributed by atoms with E-state index in [2.05, 4.69) is 67.3 Å². The lowest BCUT2D eigenvalue weighted by atomic mass is 9.32. The van der Waals surface area contributed by atoms with E-state index < -0.39 is 16.8 Å². The SMILES string of the molecule is C=C(C)[C@@H]1CC[C@]2(C(=O)N[C@H](CO)CC(C)C)CC[C@]3(C)[C@H](CC[C@@H]4[C@@]5(C)CC[C@H](OC(=O)CC(C)(C)CC(=O)O)C(C)(C)[C@@H]5CC[C@]43C)[C@@H]12. The average molecular weight is 698 g/mol. The highest BCUT2D eigenvalue weighted by Gasteiger charge is 2.72. The first-order chi connectivity index (χ1) is 23.1. The second kappa shape index (κ2) is 13.5. The van der Waals surface area contributed by atoms with Crippen molar-refractivity contribution in [3.05, 3.63) is 12.2 Å². The summed E-state index contributed by atoms with van der Waals surface area (Å²) in [5.74, 6) is 1.45. The van der Waals surface area contributed by atoms with Gasteiger partial charge in [-0.05, 0) is 135 Å². The minimum absolute atomic E-state index is 0.0195. The van der Waals surface area contributed by atoms with Crippen molar-refractivity contribution in [3.8, 4) is 0 Å². The van der Waals surface area contributed by atoms with Crippen LogP contribution in [0.15, 0.2) is 12.2 Å². The van der Waals surface area contributed by atoms with Gasteiger partial charge < -0.3 is 20.3 Å². The van der Waals surface area contributed by atoms with Crippen molar-refractivity contribution in [1.82, 2.24) is 5.32 Å². The van der Waals surface area contributed by atoms with Gasteiger partial charge in [-0.1, -0.05) is 74.5 Å². The molecule has 0 unspecified atom stereocenters. The van der Waals surface area contributed by atoms with Crippen LogP contribution in [0, 0.1) is 68.0 Å². The average Bonchev–Trinajstić information content (AvgIpc) is 3.39. The fourth-order valence-electron chi connectivity index (χ4n) is 13.9. The number of aliphatic hydroxyl groups excluding tert-OH is 1. The molecule has 0 aromatic rings. The molecular formula is C43H71NO6. The second-order valence-electron chi connectivity index (χ2n) is 20.6. The molecule has 50 heavy (non-hydrogen) atoms. The number of fused-ring (bicyclic) bond motifs is 7. The highest BCUT2D eigenvalue weighted by atomic mass is 16.5. The van der Waals surface area contributed by atoms with Gasteiger partial charge in [0.25, 0.3) is 0 Å². The molecule has 5 saturated carbocycles. The van der Waals surface area contributed by atoms with E-state index in [1.165, 1.54) is 5.57 Å². The highest BCUT2D eigenvalue weighted by Crippen LogP contribution is 2.77. The third-order valence-electron chi connectivity index (χ3n) is 16.3. The van der Waals surface area contributed by atoms with E-state index in [0.717, 1.165) is 70.6 Å². The fourth-order valence-corrected chi connectivity index (χ4v) is 13.9. The molecule has 0 aliphatic heterocycles. The number of aliphatic carboxylic acids is 1. The van der Waals surface area contributed by atoms with Crippen molar-refractivity contribution < 1.29 is 29.3 Å². The van der Waals surface area contributed by atoms with Crippen LogP contribution in [0.25, 0.3) is 0 Å². The number of hydrogen-bond acceptors (Lipinski definition) is 5. The first-order valence-corrected chi connectivity index (χ1v) is 20.1. The summed E-state index contributed by atoms with van der Waals surface area (Å²) in [7, 11) is 0. The topological polar surface area (TPSA) is 113 Å². The molecule has 7 heteroatoms. The quantitative estimate of drug-likeness (QED) is 0.147. The first-order valence-electron chi connectivity index (χ1n) is 20.1. The summed E-state index contributed by atoms with van der Waals surface area (Å²) in [6, 6.07) is -0.202. The zero-order chi connectivity index (χ0) is 37.2. The zero-order valence-corrected chi connectivity index (χ0v) is 33.3. The number of aliphatic hydroxyl groups is 1. The number of carbonyl (C=O) groups is 3. The van der Waals surface area contributed by atoms with Gasteiger partial charge in [-0.25, -0.2) is 0 Å². The molecule has 0 bridgehead atoms. The summed E-state index contributed by atoms with van der Waals surface area (Å²) in [4.78, 5) is 39.1. The van der Waals surface area contributed by atoms with Crippen LogP contribution >= 0.6 is 0 Å². The zero-order valence-electron chi connectivity index (χ0n) is 33.3. The molecule has 7 nitrogen and oxygen atoms in total. The van der Waals surface area contributed by atoms with Crippen molar-refractivity contribution in [2.75, 3.05) is 6.61 Å². The molecule has 284 valence electrons. The normalized spacial score (nSPS) is 41.2. The Morgan fingerprint density at radius 1 is 0.880 bits per heavy atom. The number of ether oxygens (including phenoxy) is 1. The summed E-state index contributed by atoms with van der Waals surface area (Å²) in [5.41, 5.74) is 0.354. The number of carboxylic acids is 1. The Hall–Kier alpha value is -1.89. The van der Waals surface area contributed by atoms with Gasteiger partial charge >= 0.3 is 11.9 Å². The van der Waals surface area contributed by atoms with E-state index in [1.54, 1.807) is 0 Å². The van der Waals surface area contributed by atoms with Gasteiger partial charge in [-0.2, -0.15) is 0 Å². The summed E-state index contributed by atoms with van der Waals surface area (Å²) >= 11 is 0. The van der Waals surface area contributed by atoms with Crippen LogP contribution in [0.2, 0.25) is 0 Å². The van der Waals surface area contributed by atoms with Crippen LogP contribution in [-0.4, -0.2) is 46.8 Å². The van der Waals surface area contributed by atoms with E-state index in [4.69, 9.17) is 4.74 Å². The Balaban J connectivity index is 1.40. The van der Waals surface area contributed by atoms with Crippen molar-refractivity contribution in [2.24, 2.45) is 68.0 Å². The van der Waals surface area contributed by atoms with Crippen LogP contribution in [-0.2, 0) is 19.1 Å². The Bertz CT molecular complexity index is 1340. The van der Waals surface area contributed by atoms with Gasteiger partial charge in [-0.15, -0.1) is 0 Å². The van der Waals surface area contributed by atoms with Crippen LogP contribution in [0.1, 0.15) is 153 Å². The Labute approximate surface area is 303 Å². The van der Waals surface area contributed by atoms with E-state index >= 15 is 0 Å². The maximum atomic E-state index is 14.5. The molecular weight excluding hydrogens is 626 g/mol. The molecule has 0 aromatic heterocycles. The molecule has 5 aliphatic rings. The minimum Gasteiger partial charge on any atom is -0.481 e. The second-order valence-corrected chi connectivity index (χ2v) is 20.6. The van der Waals surface area contributed by atoms with E-state index in [-0.39, 0.29) is 71.0 Å². The lowest BCUT2D eigenvalue weighted by Crippen LogP contribution is -2.67. The standard InChI is InChI=1S/C43H71NO6/c1-26(2)22-28(25-45)44-37(49)43-19-14-29(27(3)4)36(43)30-12-13-32-40(9)17-16-33(50-35(48)24-38(5,6)23-34(46)47)39(7,8)31(40)15-18-42(32,11)41(30,10)20-21-43/h26,28-33,36,45H,3,12-25H2,1-2,4-11H3,(H,44,49)(H,46,47)/t28-,29-,30+,31-,32+,33-,36+,40-,41+,42+,43-/m0/s1. The lowest BCUT2D eigenvalue weighted by Gasteiger charge is -2.72. The minimum atomic E-state index is -0.891. The van der Waals surface area contributed by atoms with E-state index in [0.29, 0.717) is 29.6 Å². The van der Waals surface area contributed by atoms with E-state index in [9.17, 15) is 24.6 Å². The Kier molecular flexibility index (Phi) is 10.6. The van der Waals surface area contributed by atoms with Crippen LogP contribution in [0.4, 0.5) is 0 Å². The molecule has 0 heterocycles. The summed E-state index contributed by atoms with van der Waals surface area (Å²) < 4.78 is 6.26. The van der Waals surface area contributed by atoms with Gasteiger partial charge in [-0.3, -0.25) is 14.4 Å². The first kappa shape index (κ1) is 39.3.